The molecule has 0 radical (unpaired) electrons. The first-order valence-corrected chi connectivity index (χ1v) is 9.28. The number of hydrogen-bond donors (Lipinski definition) is 1. The van der Waals surface area contributed by atoms with E-state index in [0.29, 0.717) is 18.5 Å². The molecule has 1 N–H and O–H groups in total. The summed E-state index contributed by atoms with van der Waals surface area (Å²) in [7, 11) is 0. The first-order chi connectivity index (χ1) is 11.5. The number of amides is 1. The smallest absolute Gasteiger partial charge is 0.407 e. The third-order valence-corrected chi connectivity index (χ3v) is 3.78. The summed E-state index contributed by atoms with van der Waals surface area (Å²) >= 11 is 0. The van der Waals surface area contributed by atoms with Crippen molar-refractivity contribution in [2.24, 2.45) is 0 Å². The number of carbonyl (C=O) groups is 2. The van der Waals surface area contributed by atoms with E-state index >= 15 is 0 Å². The lowest BCUT2D eigenvalue weighted by Gasteiger charge is -2.16. The molecule has 24 heavy (non-hydrogen) atoms. The van der Waals surface area contributed by atoms with Crippen LogP contribution < -0.4 is 5.32 Å². The Bertz CT molecular complexity index is 368. The number of hydrogen-bond acceptors (Lipinski definition) is 4. The number of esters is 1. The zero-order valence-electron chi connectivity index (χ0n) is 15.7. The first-order valence-electron chi connectivity index (χ1n) is 9.28. The molecule has 0 fully saturated rings. The molecule has 0 aromatic carbocycles. The topological polar surface area (TPSA) is 64.6 Å². The fraction of sp³-hybridized carbons (Fsp3) is 0.789. The lowest BCUT2D eigenvalue weighted by molar-refractivity contribution is -0.142. The van der Waals surface area contributed by atoms with Crippen molar-refractivity contribution in [3.63, 3.8) is 0 Å². The van der Waals surface area contributed by atoms with Gasteiger partial charge in [0.25, 0.3) is 0 Å². The van der Waals surface area contributed by atoms with Gasteiger partial charge in [0.2, 0.25) is 0 Å². The summed E-state index contributed by atoms with van der Waals surface area (Å²) in [5, 5.41) is 2.75. The molecule has 0 saturated carbocycles. The molecule has 0 aromatic rings. The Morgan fingerprint density at radius 3 is 2.12 bits per heavy atom. The lowest BCUT2D eigenvalue weighted by atomic mass is 10.1. The van der Waals surface area contributed by atoms with Gasteiger partial charge in [-0.1, -0.05) is 65.4 Å². The minimum atomic E-state index is -0.462. The summed E-state index contributed by atoms with van der Waals surface area (Å²) in [6.07, 6.45) is 9.54. The van der Waals surface area contributed by atoms with Crippen LogP contribution in [0.2, 0.25) is 0 Å². The predicted molar refractivity (Wildman–Crippen MR) is 96.9 cm³/mol. The highest BCUT2D eigenvalue weighted by Gasteiger charge is 2.15. The van der Waals surface area contributed by atoms with Crippen LogP contribution in [0.25, 0.3) is 0 Å². The third-order valence-electron chi connectivity index (χ3n) is 3.78. The highest BCUT2D eigenvalue weighted by atomic mass is 16.6. The minimum absolute atomic E-state index is 0.0629. The Labute approximate surface area is 147 Å². The summed E-state index contributed by atoms with van der Waals surface area (Å²) in [5.41, 5.74) is 0.337. The Kier molecular flexibility index (Phi) is 14.1. The second kappa shape index (κ2) is 15.0. The van der Waals surface area contributed by atoms with Crippen molar-refractivity contribution in [2.45, 2.75) is 84.7 Å². The molecule has 1 amide bonds. The Morgan fingerprint density at radius 2 is 1.58 bits per heavy atom. The van der Waals surface area contributed by atoms with Crippen molar-refractivity contribution in [3.8, 4) is 0 Å². The standard InChI is InChI=1S/C19H35NO4/c1-5-7-8-9-10-11-12-13-14-20-19(22)24-17(6-2)15-23-18(21)16(3)4/h17H,3,5-15H2,1-2,4H3,(H,20,22). The SMILES string of the molecule is C=C(C)C(=O)OCC(CC)OC(=O)NCCCCCCCCCC. The summed E-state index contributed by atoms with van der Waals surface area (Å²) in [5.74, 6) is -0.462. The zero-order chi connectivity index (χ0) is 18.2. The molecule has 0 aliphatic heterocycles. The fourth-order valence-electron chi connectivity index (χ4n) is 2.17. The Morgan fingerprint density at radius 1 is 1.00 bits per heavy atom. The molecule has 0 aliphatic rings. The van der Waals surface area contributed by atoms with Gasteiger partial charge in [-0.2, -0.15) is 0 Å². The maximum Gasteiger partial charge on any atom is 0.407 e. The molecule has 0 heterocycles. The van der Waals surface area contributed by atoms with Crippen LogP contribution in [-0.2, 0) is 14.3 Å². The Hall–Kier alpha value is -1.52. The highest BCUT2D eigenvalue weighted by Crippen LogP contribution is 2.08. The maximum atomic E-state index is 11.7. The average molecular weight is 341 g/mol. The molecular formula is C19H35NO4. The lowest BCUT2D eigenvalue weighted by Crippen LogP contribution is -2.32. The van der Waals surface area contributed by atoms with Crippen molar-refractivity contribution in [2.75, 3.05) is 13.2 Å². The van der Waals surface area contributed by atoms with Crippen molar-refractivity contribution in [1.29, 1.82) is 0 Å². The first kappa shape index (κ1) is 22.5. The van der Waals surface area contributed by atoms with Gasteiger partial charge >= 0.3 is 12.1 Å². The van der Waals surface area contributed by atoms with Gasteiger partial charge < -0.3 is 14.8 Å². The van der Waals surface area contributed by atoms with E-state index in [-0.39, 0.29) is 6.61 Å². The third kappa shape index (κ3) is 13.0. The Balaban J connectivity index is 3.65. The molecule has 1 atom stereocenters. The molecule has 0 bridgehead atoms. The van der Waals surface area contributed by atoms with Gasteiger partial charge in [0, 0.05) is 12.1 Å². The number of unbranched alkanes of at least 4 members (excludes halogenated alkanes) is 7. The number of ether oxygens (including phenoxy) is 2. The fourth-order valence-corrected chi connectivity index (χ4v) is 2.17. The van der Waals surface area contributed by atoms with Gasteiger partial charge in [-0.25, -0.2) is 9.59 Å². The molecule has 0 saturated heterocycles. The predicted octanol–water partition coefficient (Wildman–Crippen LogP) is 4.75. The molecule has 0 aliphatic carbocycles. The van der Waals surface area contributed by atoms with Crippen LogP contribution in [0.4, 0.5) is 4.79 Å². The molecule has 0 rings (SSSR count). The normalized spacial score (nSPS) is 11.6. The van der Waals surface area contributed by atoms with Crippen molar-refractivity contribution >= 4 is 12.1 Å². The molecule has 0 aromatic heterocycles. The number of alkyl carbamates (subject to hydrolysis) is 1. The molecular weight excluding hydrogens is 306 g/mol. The molecule has 5 heteroatoms. The van der Waals surface area contributed by atoms with Crippen molar-refractivity contribution in [1.82, 2.24) is 5.32 Å². The second-order valence-corrected chi connectivity index (χ2v) is 6.22. The monoisotopic (exact) mass is 341 g/mol. The quantitative estimate of drug-likeness (QED) is 0.281. The summed E-state index contributed by atoms with van der Waals surface area (Å²) in [4.78, 5) is 23.0. The average Bonchev–Trinajstić information content (AvgIpc) is 2.56. The molecule has 1 unspecified atom stereocenters. The van der Waals surface area contributed by atoms with Gasteiger partial charge in [0.05, 0.1) is 0 Å². The van der Waals surface area contributed by atoms with Crippen LogP contribution >= 0.6 is 0 Å². The summed E-state index contributed by atoms with van der Waals surface area (Å²) in [6, 6.07) is 0. The van der Waals surface area contributed by atoms with Crippen LogP contribution in [-0.4, -0.2) is 31.3 Å². The van der Waals surface area contributed by atoms with Crippen LogP contribution in [0.1, 0.15) is 78.6 Å². The van der Waals surface area contributed by atoms with Gasteiger partial charge in [-0.05, 0) is 19.8 Å². The number of rotatable bonds is 14. The van der Waals surface area contributed by atoms with Gasteiger partial charge in [-0.3, -0.25) is 0 Å². The van der Waals surface area contributed by atoms with E-state index in [0.717, 1.165) is 12.8 Å². The molecule has 140 valence electrons. The van der Waals surface area contributed by atoms with Crippen molar-refractivity contribution in [3.05, 3.63) is 12.2 Å². The summed E-state index contributed by atoms with van der Waals surface area (Å²) < 4.78 is 10.3. The van der Waals surface area contributed by atoms with Crippen LogP contribution in [0.5, 0.6) is 0 Å². The second-order valence-electron chi connectivity index (χ2n) is 6.22. The van der Waals surface area contributed by atoms with Gasteiger partial charge in [-0.15, -0.1) is 0 Å². The largest absolute Gasteiger partial charge is 0.458 e. The van der Waals surface area contributed by atoms with E-state index in [2.05, 4.69) is 18.8 Å². The van der Waals surface area contributed by atoms with Crippen LogP contribution in [0.15, 0.2) is 12.2 Å². The van der Waals surface area contributed by atoms with Crippen LogP contribution in [0, 0.1) is 0 Å². The number of carbonyl (C=O) groups excluding carboxylic acids is 2. The minimum Gasteiger partial charge on any atom is -0.458 e. The van der Waals surface area contributed by atoms with E-state index < -0.39 is 18.2 Å². The van der Waals surface area contributed by atoms with E-state index in [9.17, 15) is 9.59 Å². The molecule has 0 spiro atoms. The van der Waals surface area contributed by atoms with E-state index in [1.54, 1.807) is 6.92 Å². The van der Waals surface area contributed by atoms with E-state index in [4.69, 9.17) is 9.47 Å². The molecule has 5 nitrogen and oxygen atoms in total. The zero-order valence-corrected chi connectivity index (χ0v) is 15.7. The van der Waals surface area contributed by atoms with Crippen LogP contribution in [0.3, 0.4) is 0 Å². The number of nitrogens with one attached hydrogen (secondary N) is 1. The van der Waals surface area contributed by atoms with Crippen molar-refractivity contribution < 1.29 is 19.1 Å². The van der Waals surface area contributed by atoms with Gasteiger partial charge in [0.1, 0.15) is 12.7 Å². The van der Waals surface area contributed by atoms with E-state index in [1.807, 2.05) is 6.92 Å². The highest BCUT2D eigenvalue weighted by molar-refractivity contribution is 5.86. The summed E-state index contributed by atoms with van der Waals surface area (Å²) in [6.45, 7) is 9.88. The van der Waals surface area contributed by atoms with E-state index in [1.165, 1.54) is 38.5 Å². The maximum absolute atomic E-state index is 11.7. The van der Waals surface area contributed by atoms with Gasteiger partial charge in [0.15, 0.2) is 0 Å².